The lowest BCUT2D eigenvalue weighted by Gasteiger charge is -2.02. The van der Waals surface area contributed by atoms with Crippen LogP contribution in [-0.4, -0.2) is 4.57 Å². The first-order chi connectivity index (χ1) is 6.27. The SMILES string of the molecule is Fc1[c]c(F)c(-n2cccc2)cc1. The second kappa shape index (κ2) is 3.01. The molecule has 0 atom stereocenters. The zero-order valence-electron chi connectivity index (χ0n) is 6.67. The van der Waals surface area contributed by atoms with Crippen molar-refractivity contribution in [1.29, 1.82) is 0 Å². The molecule has 1 radical (unpaired) electrons. The summed E-state index contributed by atoms with van der Waals surface area (Å²) in [6.07, 6.45) is 3.37. The van der Waals surface area contributed by atoms with Crippen LogP contribution < -0.4 is 0 Å². The number of benzene rings is 1. The van der Waals surface area contributed by atoms with E-state index >= 15 is 0 Å². The van der Waals surface area contributed by atoms with Crippen molar-refractivity contribution in [3.05, 3.63) is 54.4 Å². The van der Waals surface area contributed by atoms with Gasteiger partial charge in [-0.2, -0.15) is 0 Å². The van der Waals surface area contributed by atoms with E-state index in [4.69, 9.17) is 0 Å². The van der Waals surface area contributed by atoms with Gasteiger partial charge in [0.1, 0.15) is 5.82 Å². The molecule has 0 bridgehead atoms. The Morgan fingerprint density at radius 1 is 1.08 bits per heavy atom. The molecule has 0 spiro atoms. The third-order valence-corrected chi connectivity index (χ3v) is 1.72. The Labute approximate surface area is 74.2 Å². The van der Waals surface area contributed by atoms with Crippen molar-refractivity contribution < 1.29 is 8.78 Å². The Hall–Kier alpha value is -1.64. The second-order valence-electron chi connectivity index (χ2n) is 2.60. The maximum atomic E-state index is 13.1. The van der Waals surface area contributed by atoms with Gasteiger partial charge in [0.2, 0.25) is 0 Å². The van der Waals surface area contributed by atoms with Crippen LogP contribution in [0.4, 0.5) is 8.78 Å². The highest BCUT2D eigenvalue weighted by atomic mass is 19.1. The lowest BCUT2D eigenvalue weighted by molar-refractivity contribution is 0.574. The summed E-state index contributed by atoms with van der Waals surface area (Å²) in [7, 11) is 0. The summed E-state index contributed by atoms with van der Waals surface area (Å²) in [5.41, 5.74) is 0.298. The number of halogens is 2. The van der Waals surface area contributed by atoms with Crippen molar-refractivity contribution in [3.63, 3.8) is 0 Å². The number of rotatable bonds is 1. The van der Waals surface area contributed by atoms with E-state index in [0.29, 0.717) is 5.69 Å². The van der Waals surface area contributed by atoms with Crippen LogP contribution in [0.25, 0.3) is 5.69 Å². The Morgan fingerprint density at radius 3 is 2.38 bits per heavy atom. The van der Waals surface area contributed by atoms with Gasteiger partial charge in [-0.05, 0) is 24.3 Å². The monoisotopic (exact) mass is 178 g/mol. The quantitative estimate of drug-likeness (QED) is 0.632. The van der Waals surface area contributed by atoms with Crippen molar-refractivity contribution in [3.8, 4) is 5.69 Å². The Morgan fingerprint density at radius 2 is 1.77 bits per heavy atom. The van der Waals surface area contributed by atoms with Crippen LogP contribution in [0, 0.1) is 17.7 Å². The third-order valence-electron chi connectivity index (χ3n) is 1.72. The van der Waals surface area contributed by atoms with Crippen molar-refractivity contribution in [2.75, 3.05) is 0 Å². The summed E-state index contributed by atoms with van der Waals surface area (Å²) in [6, 6.07) is 8.06. The smallest absolute Gasteiger partial charge is 0.158 e. The van der Waals surface area contributed by atoms with E-state index in [1.54, 1.807) is 29.1 Å². The summed E-state index contributed by atoms with van der Waals surface area (Å²) in [5, 5.41) is 0. The van der Waals surface area contributed by atoms with Crippen LogP contribution in [0.5, 0.6) is 0 Å². The fourth-order valence-electron chi connectivity index (χ4n) is 1.13. The molecule has 1 aromatic heterocycles. The molecule has 0 N–H and O–H groups in total. The Kier molecular flexibility index (Phi) is 1.85. The average Bonchev–Trinajstić information content (AvgIpc) is 2.56. The van der Waals surface area contributed by atoms with Gasteiger partial charge in [0.15, 0.2) is 5.82 Å². The molecule has 65 valence electrons. The highest BCUT2D eigenvalue weighted by molar-refractivity contribution is 5.33. The minimum absolute atomic E-state index is 0.298. The first kappa shape index (κ1) is 7.98. The lowest BCUT2D eigenvalue weighted by atomic mass is 10.3. The largest absolute Gasteiger partial charge is 0.321 e. The molecule has 1 nitrogen and oxygen atoms in total. The zero-order valence-corrected chi connectivity index (χ0v) is 6.67. The van der Waals surface area contributed by atoms with Gasteiger partial charge in [0, 0.05) is 12.4 Å². The molecule has 2 rings (SSSR count). The number of aromatic nitrogens is 1. The molecule has 0 fully saturated rings. The van der Waals surface area contributed by atoms with E-state index in [-0.39, 0.29) is 0 Å². The van der Waals surface area contributed by atoms with E-state index in [2.05, 4.69) is 0 Å². The summed E-state index contributed by atoms with van der Waals surface area (Å²) in [6.45, 7) is 0. The van der Waals surface area contributed by atoms with E-state index in [0.717, 1.165) is 0 Å². The summed E-state index contributed by atoms with van der Waals surface area (Å²) in [4.78, 5) is 0. The van der Waals surface area contributed by atoms with Gasteiger partial charge < -0.3 is 4.57 Å². The fourth-order valence-corrected chi connectivity index (χ4v) is 1.13. The Bertz CT molecular complexity index is 407. The van der Waals surface area contributed by atoms with Crippen LogP contribution in [0.15, 0.2) is 36.7 Å². The molecule has 0 unspecified atom stereocenters. The van der Waals surface area contributed by atoms with Crippen molar-refractivity contribution in [2.45, 2.75) is 0 Å². The molecule has 0 aliphatic carbocycles. The predicted octanol–water partition coefficient (Wildman–Crippen LogP) is 2.56. The maximum absolute atomic E-state index is 13.1. The van der Waals surface area contributed by atoms with Gasteiger partial charge in [-0.1, -0.05) is 0 Å². The summed E-state index contributed by atoms with van der Waals surface area (Å²) >= 11 is 0. The molecule has 0 aliphatic heterocycles. The van der Waals surface area contributed by atoms with Crippen LogP contribution in [-0.2, 0) is 0 Å². The number of hydrogen-bond acceptors (Lipinski definition) is 0. The van der Waals surface area contributed by atoms with Crippen LogP contribution in [0.1, 0.15) is 0 Å². The van der Waals surface area contributed by atoms with Crippen molar-refractivity contribution in [1.82, 2.24) is 4.57 Å². The molecule has 1 aromatic carbocycles. The first-order valence-corrected chi connectivity index (χ1v) is 3.78. The molecule has 0 aliphatic rings. The van der Waals surface area contributed by atoms with Gasteiger partial charge in [0.25, 0.3) is 0 Å². The van der Waals surface area contributed by atoms with E-state index in [1.807, 2.05) is 6.07 Å². The third kappa shape index (κ3) is 1.45. The normalized spacial score (nSPS) is 10.3. The minimum atomic E-state index is -0.687. The lowest BCUT2D eigenvalue weighted by Crippen LogP contribution is -1.94. The molecular formula is C10H6F2N. The molecule has 0 saturated carbocycles. The van der Waals surface area contributed by atoms with Gasteiger partial charge >= 0.3 is 0 Å². The summed E-state index contributed by atoms with van der Waals surface area (Å²) < 4.78 is 27.1. The van der Waals surface area contributed by atoms with E-state index in [9.17, 15) is 8.78 Å². The predicted molar refractivity (Wildman–Crippen MR) is 44.5 cm³/mol. The summed E-state index contributed by atoms with van der Waals surface area (Å²) in [5.74, 6) is -1.37. The van der Waals surface area contributed by atoms with Crippen LogP contribution in [0.2, 0.25) is 0 Å². The van der Waals surface area contributed by atoms with Crippen molar-refractivity contribution >= 4 is 0 Å². The van der Waals surface area contributed by atoms with Crippen LogP contribution >= 0.6 is 0 Å². The molecular weight excluding hydrogens is 172 g/mol. The number of hydrogen-bond donors (Lipinski definition) is 0. The van der Waals surface area contributed by atoms with Gasteiger partial charge in [0.05, 0.1) is 11.8 Å². The van der Waals surface area contributed by atoms with E-state index in [1.165, 1.54) is 12.1 Å². The molecule has 13 heavy (non-hydrogen) atoms. The van der Waals surface area contributed by atoms with Crippen molar-refractivity contribution in [2.24, 2.45) is 0 Å². The standard InChI is InChI=1S/C10H6F2N/c11-8-3-4-10(9(12)7-8)13-5-1-2-6-13/h1-6H. The maximum Gasteiger partial charge on any atom is 0.158 e. The molecule has 0 amide bonds. The van der Waals surface area contributed by atoms with Gasteiger partial charge in [-0.25, -0.2) is 8.78 Å². The average molecular weight is 178 g/mol. The van der Waals surface area contributed by atoms with Gasteiger partial charge in [-0.3, -0.25) is 0 Å². The van der Waals surface area contributed by atoms with Gasteiger partial charge in [-0.15, -0.1) is 0 Å². The zero-order chi connectivity index (χ0) is 9.26. The molecule has 1 heterocycles. The topological polar surface area (TPSA) is 4.93 Å². The first-order valence-electron chi connectivity index (χ1n) is 3.78. The highest BCUT2D eigenvalue weighted by Gasteiger charge is 2.04. The van der Waals surface area contributed by atoms with E-state index < -0.39 is 11.6 Å². The Balaban J connectivity index is 2.53. The molecule has 0 saturated heterocycles. The minimum Gasteiger partial charge on any atom is -0.321 e. The number of nitrogens with zero attached hydrogens (tertiary/aromatic N) is 1. The highest BCUT2D eigenvalue weighted by Crippen LogP contribution is 2.13. The molecule has 2 aromatic rings. The van der Waals surface area contributed by atoms with Crippen LogP contribution in [0.3, 0.4) is 0 Å². The second-order valence-corrected chi connectivity index (χ2v) is 2.60. The fraction of sp³-hybridized carbons (Fsp3) is 0. The molecule has 3 heteroatoms.